The third kappa shape index (κ3) is 4.96. The van der Waals surface area contributed by atoms with Gasteiger partial charge in [0.05, 0.1) is 20.8 Å². The topological polar surface area (TPSA) is 98.0 Å². The Labute approximate surface area is 176 Å². The second-order valence-electron chi connectivity index (χ2n) is 6.65. The van der Waals surface area contributed by atoms with Crippen molar-refractivity contribution in [3.05, 3.63) is 60.0 Å². The fourth-order valence-corrected chi connectivity index (χ4v) is 3.76. The Morgan fingerprint density at radius 1 is 0.900 bits per heavy atom. The highest BCUT2D eigenvalue weighted by molar-refractivity contribution is 7.86. The molecule has 0 N–H and O–H groups in total. The molecule has 0 bridgehead atoms. The minimum absolute atomic E-state index is 0.0598. The van der Waals surface area contributed by atoms with Crippen LogP contribution in [0.1, 0.15) is 11.5 Å². The number of ether oxygens (including phenoxy) is 2. The first-order chi connectivity index (χ1) is 14.3. The third-order valence-electron chi connectivity index (χ3n) is 4.43. The van der Waals surface area contributed by atoms with E-state index >= 15 is 0 Å². The number of aromatic nitrogens is 2. The van der Waals surface area contributed by atoms with Crippen LogP contribution < -0.4 is 9.47 Å². The van der Waals surface area contributed by atoms with Gasteiger partial charge in [-0.15, -0.1) is 0 Å². The molecule has 3 rings (SSSR count). The van der Waals surface area contributed by atoms with Crippen LogP contribution in [0, 0.1) is 0 Å². The molecule has 2 aromatic carbocycles. The number of nitrogens with zero attached hydrogens (tertiary/aromatic N) is 4. The summed E-state index contributed by atoms with van der Waals surface area (Å²) in [5.41, 5.74) is 1.54. The van der Waals surface area contributed by atoms with Gasteiger partial charge in [-0.3, -0.25) is 0 Å². The zero-order chi connectivity index (χ0) is 21.7. The molecule has 1 aromatic heterocycles. The zero-order valence-electron chi connectivity index (χ0n) is 17.3. The lowest BCUT2D eigenvalue weighted by Crippen LogP contribution is -2.39. The summed E-state index contributed by atoms with van der Waals surface area (Å²) in [5.74, 6) is 1.98. The maximum absolute atomic E-state index is 12.8. The summed E-state index contributed by atoms with van der Waals surface area (Å²) < 4.78 is 43.7. The summed E-state index contributed by atoms with van der Waals surface area (Å²) in [4.78, 5) is 4.35. The molecule has 0 amide bonds. The van der Waals surface area contributed by atoms with Crippen LogP contribution in [0.15, 0.2) is 53.1 Å². The Bertz CT molecular complexity index is 1060. The van der Waals surface area contributed by atoms with E-state index in [2.05, 4.69) is 10.1 Å². The number of hydrogen-bond acceptors (Lipinski definition) is 7. The molecule has 160 valence electrons. The summed E-state index contributed by atoms with van der Waals surface area (Å²) >= 11 is 0. The molecule has 0 aliphatic rings. The van der Waals surface area contributed by atoms with E-state index in [-0.39, 0.29) is 19.0 Å². The van der Waals surface area contributed by atoms with E-state index in [0.717, 1.165) is 15.4 Å². The van der Waals surface area contributed by atoms with Gasteiger partial charge in [0.15, 0.2) is 0 Å². The van der Waals surface area contributed by atoms with Crippen molar-refractivity contribution in [1.29, 1.82) is 0 Å². The lowest BCUT2D eigenvalue weighted by Gasteiger charge is -2.24. The van der Waals surface area contributed by atoms with E-state index < -0.39 is 10.2 Å². The molecule has 0 saturated carbocycles. The normalized spacial score (nSPS) is 11.8. The third-order valence-corrected chi connectivity index (χ3v) is 6.27. The maximum Gasteiger partial charge on any atom is 0.282 e. The van der Waals surface area contributed by atoms with Crippen molar-refractivity contribution < 1.29 is 22.4 Å². The highest BCUT2D eigenvalue weighted by Gasteiger charge is 2.27. The molecule has 0 unspecified atom stereocenters. The van der Waals surface area contributed by atoms with Crippen molar-refractivity contribution >= 4 is 10.2 Å². The smallest absolute Gasteiger partial charge is 0.282 e. The summed E-state index contributed by atoms with van der Waals surface area (Å²) in [6, 6.07) is 14.4. The average Bonchev–Trinajstić information content (AvgIpc) is 3.22. The van der Waals surface area contributed by atoms with Crippen molar-refractivity contribution in [2.45, 2.75) is 13.1 Å². The van der Waals surface area contributed by atoms with Gasteiger partial charge in [-0.2, -0.15) is 22.0 Å². The van der Waals surface area contributed by atoms with Gasteiger partial charge in [0.2, 0.25) is 11.7 Å². The van der Waals surface area contributed by atoms with Gasteiger partial charge in [-0.25, -0.2) is 0 Å². The number of hydrogen-bond donors (Lipinski definition) is 0. The molecule has 9 nitrogen and oxygen atoms in total. The van der Waals surface area contributed by atoms with Gasteiger partial charge in [0.25, 0.3) is 10.2 Å². The lowest BCUT2D eigenvalue weighted by molar-refractivity contribution is 0.300. The second-order valence-corrected chi connectivity index (χ2v) is 8.79. The van der Waals surface area contributed by atoms with Gasteiger partial charge in [0.1, 0.15) is 11.5 Å². The number of methoxy groups -OCH3 is 2. The molecule has 0 radical (unpaired) electrons. The van der Waals surface area contributed by atoms with Crippen LogP contribution in [0.2, 0.25) is 0 Å². The van der Waals surface area contributed by atoms with E-state index in [1.165, 1.54) is 18.4 Å². The molecule has 10 heteroatoms. The maximum atomic E-state index is 12.8. The summed E-state index contributed by atoms with van der Waals surface area (Å²) in [6.45, 7) is 0.0838. The Hall–Kier alpha value is -2.95. The molecule has 1 heterocycles. The van der Waals surface area contributed by atoms with E-state index in [1.807, 2.05) is 12.1 Å². The quantitative estimate of drug-likeness (QED) is 0.512. The number of benzene rings is 2. The van der Waals surface area contributed by atoms with Crippen LogP contribution in [0.25, 0.3) is 11.4 Å². The van der Waals surface area contributed by atoms with Crippen molar-refractivity contribution in [2.24, 2.45) is 0 Å². The highest BCUT2D eigenvalue weighted by Crippen LogP contribution is 2.22. The van der Waals surface area contributed by atoms with Crippen molar-refractivity contribution in [3.8, 4) is 22.9 Å². The van der Waals surface area contributed by atoms with Crippen LogP contribution in [0.3, 0.4) is 0 Å². The molecular formula is C20H24N4O5S. The SMILES string of the molecule is COc1ccc(CN(Cc2nc(-c3ccc(OC)cc3)no2)S(=O)(=O)N(C)C)cc1. The summed E-state index contributed by atoms with van der Waals surface area (Å²) in [6.07, 6.45) is 0. The molecule has 0 fully saturated rings. The van der Waals surface area contributed by atoms with E-state index in [0.29, 0.717) is 17.3 Å². The monoisotopic (exact) mass is 432 g/mol. The standard InChI is InChI=1S/C20H24N4O5S/c1-23(2)30(25,26)24(13-15-5-9-17(27-3)10-6-15)14-19-21-20(22-29-19)16-7-11-18(28-4)12-8-16/h5-12H,13-14H2,1-4H3. The predicted octanol–water partition coefficient (Wildman–Crippen LogP) is 2.56. The molecule has 0 aliphatic heterocycles. The molecule has 0 aliphatic carbocycles. The van der Waals surface area contributed by atoms with Crippen molar-refractivity contribution in [1.82, 2.24) is 18.8 Å². The van der Waals surface area contributed by atoms with Gasteiger partial charge < -0.3 is 14.0 Å². The predicted molar refractivity (Wildman–Crippen MR) is 111 cm³/mol. The zero-order valence-corrected chi connectivity index (χ0v) is 18.1. The minimum Gasteiger partial charge on any atom is -0.497 e. The Morgan fingerprint density at radius 3 is 2.00 bits per heavy atom. The molecule has 0 atom stereocenters. The van der Waals surface area contributed by atoms with Crippen molar-refractivity contribution in [3.63, 3.8) is 0 Å². The average molecular weight is 433 g/mol. The second kappa shape index (κ2) is 9.24. The highest BCUT2D eigenvalue weighted by atomic mass is 32.2. The first-order valence-electron chi connectivity index (χ1n) is 9.11. The largest absolute Gasteiger partial charge is 0.497 e. The van der Waals surface area contributed by atoms with Gasteiger partial charge in [0, 0.05) is 26.2 Å². The summed E-state index contributed by atoms with van der Waals surface area (Å²) in [7, 11) is 2.40. The number of rotatable bonds is 9. The van der Waals surface area contributed by atoms with Crippen molar-refractivity contribution in [2.75, 3.05) is 28.3 Å². The van der Waals surface area contributed by atoms with Crippen LogP contribution in [0.4, 0.5) is 0 Å². The molecular weight excluding hydrogens is 408 g/mol. The van der Waals surface area contributed by atoms with Crippen LogP contribution >= 0.6 is 0 Å². The Balaban J connectivity index is 1.83. The van der Waals surface area contributed by atoms with Crippen LogP contribution in [-0.2, 0) is 23.3 Å². The lowest BCUT2D eigenvalue weighted by atomic mass is 10.2. The molecule has 3 aromatic rings. The molecule has 0 saturated heterocycles. The van der Waals surface area contributed by atoms with Gasteiger partial charge >= 0.3 is 0 Å². The Morgan fingerprint density at radius 2 is 1.47 bits per heavy atom. The van der Waals surface area contributed by atoms with Crippen LogP contribution in [0.5, 0.6) is 11.5 Å². The molecule has 0 spiro atoms. The van der Waals surface area contributed by atoms with E-state index in [4.69, 9.17) is 14.0 Å². The first kappa shape index (κ1) is 21.8. The summed E-state index contributed by atoms with van der Waals surface area (Å²) in [5, 5.41) is 3.97. The van der Waals surface area contributed by atoms with Crippen LogP contribution in [-0.4, -0.2) is 55.5 Å². The fraction of sp³-hybridized carbons (Fsp3) is 0.300. The fourth-order valence-electron chi connectivity index (χ4n) is 2.71. The minimum atomic E-state index is -3.72. The molecule has 30 heavy (non-hydrogen) atoms. The first-order valence-corrected chi connectivity index (χ1v) is 10.5. The van der Waals surface area contributed by atoms with Gasteiger partial charge in [-0.05, 0) is 42.0 Å². The van der Waals surface area contributed by atoms with Gasteiger partial charge in [-0.1, -0.05) is 17.3 Å². The van der Waals surface area contributed by atoms with E-state index in [1.54, 1.807) is 50.6 Å². The Kier molecular flexibility index (Phi) is 6.70. The van der Waals surface area contributed by atoms with E-state index in [9.17, 15) is 8.42 Å².